The van der Waals surface area contributed by atoms with Crippen molar-refractivity contribution in [3.8, 4) is 5.75 Å². The molecule has 0 atom stereocenters. The fourth-order valence-electron chi connectivity index (χ4n) is 2.55. The number of nitrogens with one attached hydrogen (secondary N) is 1. The maximum absolute atomic E-state index is 12.2. The van der Waals surface area contributed by atoms with Crippen LogP contribution in [0.2, 0.25) is 5.02 Å². The van der Waals surface area contributed by atoms with Crippen LogP contribution >= 0.6 is 11.6 Å². The number of hydrogen-bond donors (Lipinski definition) is 1. The van der Waals surface area contributed by atoms with Gasteiger partial charge in [-0.25, -0.2) is 4.98 Å². The summed E-state index contributed by atoms with van der Waals surface area (Å²) in [5.41, 5.74) is 2.64. The molecule has 0 fully saturated rings. The van der Waals surface area contributed by atoms with Gasteiger partial charge < -0.3 is 10.1 Å². The molecular formula is C19H18ClN3O2. The highest BCUT2D eigenvalue weighted by Crippen LogP contribution is 2.25. The molecule has 1 N–H and O–H groups in total. The SMILES string of the molecule is COc1cncc(CCC(=O)Nc2ccc3ccc(Cl)c(C)c3n2)c1. The molecule has 6 heteroatoms. The van der Waals surface area contributed by atoms with Gasteiger partial charge in [0.05, 0.1) is 18.8 Å². The summed E-state index contributed by atoms with van der Waals surface area (Å²) in [5, 5.41) is 4.48. The van der Waals surface area contributed by atoms with E-state index >= 15 is 0 Å². The van der Waals surface area contributed by atoms with E-state index in [2.05, 4.69) is 15.3 Å². The zero-order valence-electron chi connectivity index (χ0n) is 14.0. The van der Waals surface area contributed by atoms with Crippen LogP contribution in [0.5, 0.6) is 5.75 Å². The Labute approximate surface area is 151 Å². The van der Waals surface area contributed by atoms with Gasteiger partial charge in [0.15, 0.2) is 0 Å². The number of halogens is 1. The standard InChI is InChI=1S/C19H18ClN3O2/c1-12-16(20)6-4-14-5-7-17(23-19(12)14)22-18(24)8-3-13-9-15(25-2)11-21-10-13/h4-7,9-11H,3,8H2,1-2H3,(H,22,23,24). The predicted octanol–water partition coefficient (Wildman–Crippen LogP) is 4.17. The van der Waals surface area contributed by atoms with Crippen LogP contribution in [0, 0.1) is 6.92 Å². The van der Waals surface area contributed by atoms with Crippen LogP contribution in [0.3, 0.4) is 0 Å². The number of aryl methyl sites for hydroxylation is 2. The molecule has 0 unspecified atom stereocenters. The molecule has 3 aromatic rings. The quantitative estimate of drug-likeness (QED) is 0.746. The molecule has 2 aromatic heterocycles. The zero-order chi connectivity index (χ0) is 17.8. The van der Waals surface area contributed by atoms with E-state index in [9.17, 15) is 4.79 Å². The smallest absolute Gasteiger partial charge is 0.225 e. The van der Waals surface area contributed by atoms with Crippen LogP contribution in [0.15, 0.2) is 42.7 Å². The minimum absolute atomic E-state index is 0.102. The van der Waals surface area contributed by atoms with Gasteiger partial charge in [0, 0.05) is 23.0 Å². The van der Waals surface area contributed by atoms with Crippen LogP contribution in [-0.4, -0.2) is 23.0 Å². The van der Waals surface area contributed by atoms with Gasteiger partial charge in [0.1, 0.15) is 11.6 Å². The molecule has 5 nitrogen and oxygen atoms in total. The highest BCUT2D eigenvalue weighted by atomic mass is 35.5. The minimum atomic E-state index is -0.102. The molecule has 128 valence electrons. The Hall–Kier alpha value is -2.66. The first kappa shape index (κ1) is 17.2. The van der Waals surface area contributed by atoms with Crippen molar-refractivity contribution in [2.24, 2.45) is 0 Å². The van der Waals surface area contributed by atoms with Crippen molar-refractivity contribution in [2.75, 3.05) is 12.4 Å². The first-order valence-corrected chi connectivity index (χ1v) is 8.28. The van der Waals surface area contributed by atoms with Gasteiger partial charge in [-0.2, -0.15) is 0 Å². The molecular weight excluding hydrogens is 338 g/mol. The molecule has 0 bridgehead atoms. The Balaban J connectivity index is 1.68. The third-order valence-electron chi connectivity index (χ3n) is 3.96. The minimum Gasteiger partial charge on any atom is -0.495 e. The largest absolute Gasteiger partial charge is 0.495 e. The second kappa shape index (κ2) is 7.49. The maximum atomic E-state index is 12.2. The average Bonchev–Trinajstić information content (AvgIpc) is 2.63. The first-order valence-electron chi connectivity index (χ1n) is 7.90. The summed E-state index contributed by atoms with van der Waals surface area (Å²) < 4.78 is 5.14. The predicted molar refractivity (Wildman–Crippen MR) is 99.2 cm³/mol. The number of ether oxygens (including phenoxy) is 1. The molecule has 0 saturated heterocycles. The number of methoxy groups -OCH3 is 1. The van der Waals surface area contributed by atoms with Gasteiger partial charge in [-0.1, -0.05) is 17.7 Å². The van der Waals surface area contributed by atoms with Crippen molar-refractivity contribution in [2.45, 2.75) is 19.8 Å². The lowest BCUT2D eigenvalue weighted by Gasteiger charge is -2.08. The Morgan fingerprint density at radius 2 is 2.04 bits per heavy atom. The number of fused-ring (bicyclic) bond motifs is 1. The van der Waals surface area contributed by atoms with E-state index in [1.165, 1.54) is 0 Å². The second-order valence-corrected chi connectivity index (χ2v) is 6.13. The van der Waals surface area contributed by atoms with E-state index in [-0.39, 0.29) is 5.91 Å². The van der Waals surface area contributed by atoms with Crippen molar-refractivity contribution in [1.29, 1.82) is 0 Å². The third kappa shape index (κ3) is 4.06. The molecule has 0 aliphatic heterocycles. The lowest BCUT2D eigenvalue weighted by atomic mass is 10.1. The van der Waals surface area contributed by atoms with Crippen LogP contribution in [0.1, 0.15) is 17.5 Å². The Bertz CT molecular complexity index is 928. The Kier molecular flexibility index (Phi) is 5.14. The molecule has 0 aliphatic carbocycles. The van der Waals surface area contributed by atoms with E-state index in [0.29, 0.717) is 29.4 Å². The second-order valence-electron chi connectivity index (χ2n) is 5.72. The number of benzene rings is 1. The van der Waals surface area contributed by atoms with Crippen LogP contribution < -0.4 is 10.1 Å². The van der Waals surface area contributed by atoms with E-state index in [1.807, 2.05) is 31.2 Å². The molecule has 3 rings (SSSR count). The molecule has 0 spiro atoms. The van der Waals surface area contributed by atoms with Crippen molar-refractivity contribution in [3.05, 3.63) is 58.9 Å². The van der Waals surface area contributed by atoms with E-state index < -0.39 is 0 Å². The van der Waals surface area contributed by atoms with E-state index in [0.717, 1.165) is 22.0 Å². The molecule has 0 radical (unpaired) electrons. The van der Waals surface area contributed by atoms with Gasteiger partial charge in [0.25, 0.3) is 0 Å². The maximum Gasteiger partial charge on any atom is 0.225 e. The summed E-state index contributed by atoms with van der Waals surface area (Å²) in [6.45, 7) is 1.92. The van der Waals surface area contributed by atoms with Crippen molar-refractivity contribution < 1.29 is 9.53 Å². The first-order chi connectivity index (χ1) is 12.1. The number of carbonyl (C=O) groups excluding carboxylic acids is 1. The monoisotopic (exact) mass is 355 g/mol. The molecule has 0 aliphatic rings. The van der Waals surface area contributed by atoms with Crippen molar-refractivity contribution in [3.63, 3.8) is 0 Å². The number of aromatic nitrogens is 2. The van der Waals surface area contributed by atoms with E-state index in [4.69, 9.17) is 16.3 Å². The molecule has 1 aromatic carbocycles. The van der Waals surface area contributed by atoms with Crippen LogP contribution in [0.25, 0.3) is 10.9 Å². The van der Waals surface area contributed by atoms with Crippen LogP contribution in [0.4, 0.5) is 5.82 Å². The fourth-order valence-corrected chi connectivity index (χ4v) is 2.70. The lowest BCUT2D eigenvalue weighted by molar-refractivity contribution is -0.116. The van der Waals surface area contributed by atoms with Crippen molar-refractivity contribution >= 4 is 34.2 Å². The topological polar surface area (TPSA) is 64.1 Å². The fraction of sp³-hybridized carbons (Fsp3) is 0.211. The number of amides is 1. The zero-order valence-corrected chi connectivity index (χ0v) is 14.8. The number of carbonyl (C=O) groups is 1. The number of rotatable bonds is 5. The molecule has 2 heterocycles. The summed E-state index contributed by atoms with van der Waals surface area (Å²) in [5.74, 6) is 1.10. The Morgan fingerprint density at radius 1 is 1.24 bits per heavy atom. The summed E-state index contributed by atoms with van der Waals surface area (Å²) in [7, 11) is 1.59. The number of nitrogens with zero attached hydrogens (tertiary/aromatic N) is 2. The van der Waals surface area contributed by atoms with Gasteiger partial charge in [0.2, 0.25) is 5.91 Å². The Morgan fingerprint density at radius 3 is 2.84 bits per heavy atom. The molecule has 1 amide bonds. The highest BCUT2D eigenvalue weighted by molar-refractivity contribution is 6.32. The van der Waals surface area contributed by atoms with Gasteiger partial charge >= 0.3 is 0 Å². The normalized spacial score (nSPS) is 10.7. The number of pyridine rings is 2. The summed E-state index contributed by atoms with van der Waals surface area (Å²) >= 11 is 6.14. The summed E-state index contributed by atoms with van der Waals surface area (Å²) in [4.78, 5) is 20.8. The third-order valence-corrected chi connectivity index (χ3v) is 4.37. The highest BCUT2D eigenvalue weighted by Gasteiger charge is 2.08. The lowest BCUT2D eigenvalue weighted by Crippen LogP contribution is -2.13. The van der Waals surface area contributed by atoms with Gasteiger partial charge in [-0.05, 0) is 48.7 Å². The van der Waals surface area contributed by atoms with Crippen LogP contribution in [-0.2, 0) is 11.2 Å². The van der Waals surface area contributed by atoms with Gasteiger partial charge in [-0.3, -0.25) is 9.78 Å². The average molecular weight is 356 g/mol. The van der Waals surface area contributed by atoms with E-state index in [1.54, 1.807) is 25.6 Å². The number of anilines is 1. The summed E-state index contributed by atoms with van der Waals surface area (Å²) in [6, 6.07) is 9.36. The number of hydrogen-bond acceptors (Lipinski definition) is 4. The summed E-state index contributed by atoms with van der Waals surface area (Å²) in [6.07, 6.45) is 4.28. The molecule has 25 heavy (non-hydrogen) atoms. The van der Waals surface area contributed by atoms with Gasteiger partial charge in [-0.15, -0.1) is 0 Å². The molecule has 0 saturated carbocycles. The van der Waals surface area contributed by atoms with Crippen molar-refractivity contribution in [1.82, 2.24) is 9.97 Å².